The van der Waals surface area contributed by atoms with Gasteiger partial charge in [0, 0.05) is 20.0 Å². The topological polar surface area (TPSA) is 69.6 Å². The van der Waals surface area contributed by atoms with E-state index in [9.17, 15) is 14.7 Å². The van der Waals surface area contributed by atoms with E-state index in [0.717, 1.165) is 31.2 Å². The predicted octanol–water partition coefficient (Wildman–Crippen LogP) is 1.84. The van der Waals surface area contributed by atoms with Crippen LogP contribution < -0.4 is 5.32 Å². The summed E-state index contributed by atoms with van der Waals surface area (Å²) in [6.45, 7) is 3.83. The molecule has 1 aromatic rings. The summed E-state index contributed by atoms with van der Waals surface area (Å²) in [6.07, 6.45) is 3.43. The minimum Gasteiger partial charge on any atom is -0.388 e. The monoisotopic (exact) mass is 318 g/mol. The number of amides is 2. The Morgan fingerprint density at radius 3 is 2.43 bits per heavy atom. The van der Waals surface area contributed by atoms with Crippen LogP contribution in [0.25, 0.3) is 0 Å². The van der Waals surface area contributed by atoms with Crippen LogP contribution >= 0.6 is 0 Å². The summed E-state index contributed by atoms with van der Waals surface area (Å²) < 4.78 is 0. The Bertz CT molecular complexity index is 538. The van der Waals surface area contributed by atoms with Gasteiger partial charge in [0.15, 0.2) is 0 Å². The van der Waals surface area contributed by atoms with Crippen molar-refractivity contribution in [2.75, 3.05) is 6.54 Å². The van der Waals surface area contributed by atoms with E-state index in [4.69, 9.17) is 0 Å². The van der Waals surface area contributed by atoms with Crippen molar-refractivity contribution in [1.29, 1.82) is 0 Å². The lowest BCUT2D eigenvalue weighted by molar-refractivity contribution is -0.139. The molecule has 126 valence electrons. The van der Waals surface area contributed by atoms with E-state index in [0.29, 0.717) is 13.1 Å². The van der Waals surface area contributed by atoms with Gasteiger partial charge in [-0.1, -0.05) is 43.2 Å². The smallest absolute Gasteiger partial charge is 0.245 e. The van der Waals surface area contributed by atoms with Gasteiger partial charge in [-0.05, 0) is 25.3 Å². The van der Waals surface area contributed by atoms with Crippen molar-refractivity contribution in [3.05, 3.63) is 35.9 Å². The minimum atomic E-state index is -0.805. The summed E-state index contributed by atoms with van der Waals surface area (Å²) in [5.41, 5.74) is 0.206. The number of benzene rings is 1. The Balaban J connectivity index is 2.13. The number of nitrogens with zero attached hydrogens (tertiary/aromatic N) is 1. The van der Waals surface area contributed by atoms with Gasteiger partial charge in [0.2, 0.25) is 11.8 Å². The van der Waals surface area contributed by atoms with Crippen LogP contribution in [-0.4, -0.2) is 40.0 Å². The fraction of sp³-hybridized carbons (Fsp3) is 0.556. The first-order valence-electron chi connectivity index (χ1n) is 8.22. The molecule has 1 fully saturated rings. The summed E-state index contributed by atoms with van der Waals surface area (Å²) in [5.74, 6) is -0.394. The van der Waals surface area contributed by atoms with Crippen molar-refractivity contribution in [1.82, 2.24) is 10.2 Å². The SMILES string of the molecule is CC(=O)NC(C)C(=O)N(Cc1ccccc1)CC1(O)CCCC1. The molecule has 1 aliphatic carbocycles. The average molecular weight is 318 g/mol. The molecule has 0 saturated heterocycles. The number of carbonyl (C=O) groups excluding carboxylic acids is 2. The molecular weight excluding hydrogens is 292 g/mol. The highest BCUT2D eigenvalue weighted by molar-refractivity contribution is 5.86. The zero-order valence-electron chi connectivity index (χ0n) is 13.9. The molecule has 1 aliphatic rings. The molecule has 0 radical (unpaired) electrons. The Morgan fingerprint density at radius 2 is 1.87 bits per heavy atom. The highest BCUT2D eigenvalue weighted by Gasteiger charge is 2.35. The lowest BCUT2D eigenvalue weighted by Gasteiger charge is -2.33. The predicted molar refractivity (Wildman–Crippen MR) is 88.6 cm³/mol. The maximum atomic E-state index is 12.7. The Labute approximate surface area is 137 Å². The molecule has 2 rings (SSSR count). The zero-order chi connectivity index (χ0) is 16.9. The third kappa shape index (κ3) is 5.06. The van der Waals surface area contributed by atoms with Crippen molar-refractivity contribution >= 4 is 11.8 Å². The second kappa shape index (κ2) is 7.59. The van der Waals surface area contributed by atoms with Gasteiger partial charge in [0.1, 0.15) is 6.04 Å². The third-order valence-corrected chi connectivity index (χ3v) is 4.34. The van der Waals surface area contributed by atoms with Gasteiger partial charge in [-0.3, -0.25) is 9.59 Å². The van der Waals surface area contributed by atoms with E-state index in [-0.39, 0.29) is 11.8 Å². The van der Waals surface area contributed by atoms with Crippen LogP contribution in [0.5, 0.6) is 0 Å². The minimum absolute atomic E-state index is 0.163. The van der Waals surface area contributed by atoms with Crippen molar-refractivity contribution in [3.63, 3.8) is 0 Å². The first kappa shape index (κ1) is 17.5. The van der Waals surface area contributed by atoms with Crippen LogP contribution in [0.3, 0.4) is 0 Å². The molecule has 1 atom stereocenters. The summed E-state index contributed by atoms with van der Waals surface area (Å²) >= 11 is 0. The van der Waals surface area contributed by atoms with Crippen LogP contribution in [0.1, 0.15) is 45.1 Å². The third-order valence-electron chi connectivity index (χ3n) is 4.34. The highest BCUT2D eigenvalue weighted by Crippen LogP contribution is 2.30. The molecule has 5 heteroatoms. The molecule has 5 nitrogen and oxygen atoms in total. The number of hydrogen-bond acceptors (Lipinski definition) is 3. The van der Waals surface area contributed by atoms with Crippen LogP contribution in [0, 0.1) is 0 Å². The van der Waals surface area contributed by atoms with Crippen molar-refractivity contribution < 1.29 is 14.7 Å². The van der Waals surface area contributed by atoms with Crippen LogP contribution in [0.4, 0.5) is 0 Å². The highest BCUT2D eigenvalue weighted by atomic mass is 16.3. The second-order valence-electron chi connectivity index (χ2n) is 6.53. The quantitative estimate of drug-likeness (QED) is 0.841. The van der Waals surface area contributed by atoms with Gasteiger partial charge < -0.3 is 15.3 Å². The van der Waals surface area contributed by atoms with E-state index in [2.05, 4.69) is 5.32 Å². The summed E-state index contributed by atoms with van der Waals surface area (Å²) in [4.78, 5) is 25.6. The molecule has 0 aliphatic heterocycles. The van der Waals surface area contributed by atoms with E-state index < -0.39 is 11.6 Å². The Kier molecular flexibility index (Phi) is 5.77. The second-order valence-corrected chi connectivity index (χ2v) is 6.53. The molecule has 2 amide bonds. The fourth-order valence-electron chi connectivity index (χ4n) is 3.20. The largest absolute Gasteiger partial charge is 0.388 e. The first-order valence-corrected chi connectivity index (χ1v) is 8.22. The summed E-state index contributed by atoms with van der Waals surface area (Å²) in [7, 11) is 0. The number of hydrogen-bond donors (Lipinski definition) is 2. The van der Waals surface area contributed by atoms with Crippen molar-refractivity contribution in [2.24, 2.45) is 0 Å². The number of nitrogens with one attached hydrogen (secondary N) is 1. The average Bonchev–Trinajstić information content (AvgIpc) is 2.92. The standard InChI is InChI=1S/C18H26N2O3/c1-14(19-15(2)21)17(22)20(12-16-8-4-3-5-9-16)13-18(23)10-6-7-11-18/h3-5,8-9,14,23H,6-7,10-13H2,1-2H3,(H,19,21). The van der Waals surface area contributed by atoms with Crippen LogP contribution in [-0.2, 0) is 16.1 Å². The van der Waals surface area contributed by atoms with Gasteiger partial charge in [-0.25, -0.2) is 0 Å². The molecule has 1 saturated carbocycles. The van der Waals surface area contributed by atoms with E-state index in [1.807, 2.05) is 30.3 Å². The van der Waals surface area contributed by atoms with Gasteiger partial charge >= 0.3 is 0 Å². The maximum absolute atomic E-state index is 12.7. The maximum Gasteiger partial charge on any atom is 0.245 e. The van der Waals surface area contributed by atoms with Crippen molar-refractivity contribution in [3.8, 4) is 0 Å². The molecule has 1 unspecified atom stereocenters. The molecule has 0 spiro atoms. The van der Waals surface area contributed by atoms with Gasteiger partial charge in [0.25, 0.3) is 0 Å². The van der Waals surface area contributed by atoms with Gasteiger partial charge in [-0.15, -0.1) is 0 Å². The lowest BCUT2D eigenvalue weighted by Crippen LogP contribution is -2.50. The summed E-state index contributed by atoms with van der Waals surface area (Å²) in [6, 6.07) is 9.12. The first-order chi connectivity index (χ1) is 10.9. The number of carbonyl (C=O) groups is 2. The zero-order valence-corrected chi connectivity index (χ0v) is 13.9. The Hall–Kier alpha value is -1.88. The number of rotatable bonds is 6. The molecule has 2 N–H and O–H groups in total. The van der Waals surface area contributed by atoms with Crippen LogP contribution in [0.2, 0.25) is 0 Å². The normalized spacial score (nSPS) is 17.5. The molecule has 0 aromatic heterocycles. The number of aliphatic hydroxyl groups is 1. The molecule has 0 heterocycles. The van der Waals surface area contributed by atoms with Crippen molar-refractivity contribution in [2.45, 2.75) is 57.7 Å². The molecule has 0 bridgehead atoms. The van der Waals surface area contributed by atoms with Gasteiger partial charge in [0.05, 0.1) is 5.60 Å². The summed E-state index contributed by atoms with van der Waals surface area (Å²) in [5, 5.41) is 13.3. The van der Waals surface area contributed by atoms with E-state index in [1.54, 1.807) is 11.8 Å². The van der Waals surface area contributed by atoms with E-state index >= 15 is 0 Å². The lowest BCUT2D eigenvalue weighted by atomic mass is 10.0. The fourth-order valence-corrected chi connectivity index (χ4v) is 3.20. The molecule has 1 aromatic carbocycles. The molecular formula is C18H26N2O3. The molecule has 23 heavy (non-hydrogen) atoms. The Morgan fingerprint density at radius 1 is 1.26 bits per heavy atom. The van der Waals surface area contributed by atoms with Gasteiger partial charge in [-0.2, -0.15) is 0 Å². The van der Waals surface area contributed by atoms with Crippen LogP contribution in [0.15, 0.2) is 30.3 Å². The van der Waals surface area contributed by atoms with E-state index in [1.165, 1.54) is 6.92 Å².